The lowest BCUT2D eigenvalue weighted by Gasteiger charge is -2.06. The molecule has 0 fully saturated rings. The molecule has 0 saturated heterocycles. The molecule has 3 heteroatoms. The zero-order valence-electron chi connectivity index (χ0n) is 11.1. The van der Waals surface area contributed by atoms with Gasteiger partial charge in [0.25, 0.3) is 0 Å². The van der Waals surface area contributed by atoms with Crippen LogP contribution in [-0.4, -0.2) is 15.1 Å². The first-order valence-corrected chi connectivity index (χ1v) is 6.49. The van der Waals surface area contributed by atoms with Crippen molar-refractivity contribution in [2.24, 2.45) is 0 Å². The molecule has 0 aliphatic rings. The molecule has 0 amide bonds. The van der Waals surface area contributed by atoms with Gasteiger partial charge in [-0.3, -0.25) is 0 Å². The van der Waals surface area contributed by atoms with Crippen LogP contribution in [0.2, 0.25) is 6.82 Å². The van der Waals surface area contributed by atoms with Gasteiger partial charge in [-0.1, -0.05) is 66.3 Å². The normalized spacial score (nSPS) is 10.3. The Morgan fingerprint density at radius 1 is 1.00 bits per heavy atom. The monoisotopic (exact) mass is 236 g/mol. The van der Waals surface area contributed by atoms with Gasteiger partial charge in [0.1, 0.15) is 7.85 Å². The number of benzene rings is 2. The van der Waals surface area contributed by atoms with Crippen molar-refractivity contribution in [2.75, 3.05) is 0 Å². The predicted molar refractivity (Wildman–Crippen MR) is 82.2 cm³/mol. The molecule has 0 aliphatic carbocycles. The molecule has 2 aromatic rings. The summed E-state index contributed by atoms with van der Waals surface area (Å²) < 4.78 is 5.73. The SMILES string of the molecule is Bc1cccc(COCc2ccc(BC)cc2)c1. The highest BCUT2D eigenvalue weighted by atomic mass is 16.5. The third-order valence-electron chi connectivity index (χ3n) is 3.05. The first-order valence-electron chi connectivity index (χ1n) is 6.49. The first kappa shape index (κ1) is 13.0. The second kappa shape index (κ2) is 6.46. The van der Waals surface area contributed by atoms with Crippen LogP contribution in [0.5, 0.6) is 0 Å². The van der Waals surface area contributed by atoms with Crippen LogP contribution in [0.4, 0.5) is 0 Å². The Balaban J connectivity index is 1.84. The molecule has 0 saturated carbocycles. The van der Waals surface area contributed by atoms with Gasteiger partial charge in [-0.15, -0.1) is 0 Å². The Bertz CT molecular complexity index is 494. The molecular weight excluding hydrogens is 218 g/mol. The first-order chi connectivity index (χ1) is 8.78. The highest BCUT2D eigenvalue weighted by Gasteiger charge is 1.96. The molecule has 0 heterocycles. The molecule has 0 atom stereocenters. The van der Waals surface area contributed by atoms with E-state index in [4.69, 9.17) is 4.74 Å². The van der Waals surface area contributed by atoms with Gasteiger partial charge in [0.2, 0.25) is 0 Å². The molecule has 1 nitrogen and oxygen atoms in total. The van der Waals surface area contributed by atoms with E-state index < -0.39 is 0 Å². The predicted octanol–water partition coefficient (Wildman–Crippen LogP) is 0.772. The van der Waals surface area contributed by atoms with E-state index in [1.165, 1.54) is 22.1 Å². The summed E-state index contributed by atoms with van der Waals surface area (Å²) in [5.41, 5.74) is 5.13. The summed E-state index contributed by atoms with van der Waals surface area (Å²) in [7, 11) is 3.19. The van der Waals surface area contributed by atoms with Gasteiger partial charge < -0.3 is 4.74 Å². The van der Waals surface area contributed by atoms with Gasteiger partial charge >= 0.3 is 0 Å². The van der Waals surface area contributed by atoms with E-state index in [2.05, 4.69) is 63.2 Å². The van der Waals surface area contributed by atoms with Gasteiger partial charge in [0, 0.05) is 0 Å². The van der Waals surface area contributed by atoms with Gasteiger partial charge in [-0.05, 0) is 11.1 Å². The molecule has 0 bridgehead atoms. The van der Waals surface area contributed by atoms with Crippen LogP contribution >= 0.6 is 0 Å². The Morgan fingerprint density at radius 3 is 2.39 bits per heavy atom. The van der Waals surface area contributed by atoms with Crippen molar-refractivity contribution in [3.63, 3.8) is 0 Å². The van der Waals surface area contributed by atoms with Gasteiger partial charge in [0.05, 0.1) is 13.2 Å². The van der Waals surface area contributed by atoms with Crippen LogP contribution in [0.25, 0.3) is 0 Å². The number of ether oxygens (including phenoxy) is 1. The summed E-state index contributed by atoms with van der Waals surface area (Å²) in [6.45, 7) is 3.53. The molecule has 0 radical (unpaired) electrons. The molecule has 0 aliphatic heterocycles. The number of hydrogen-bond donors (Lipinski definition) is 0. The number of rotatable bonds is 5. The smallest absolute Gasteiger partial charge is 0.154 e. The second-order valence-electron chi connectivity index (χ2n) is 4.65. The van der Waals surface area contributed by atoms with Crippen molar-refractivity contribution in [1.29, 1.82) is 0 Å². The van der Waals surface area contributed by atoms with Crippen molar-refractivity contribution >= 4 is 26.1 Å². The topological polar surface area (TPSA) is 9.23 Å². The molecule has 0 spiro atoms. The minimum absolute atomic E-state index is 0.678. The molecule has 2 rings (SSSR count). The van der Waals surface area contributed by atoms with E-state index in [-0.39, 0.29) is 0 Å². The quantitative estimate of drug-likeness (QED) is 0.696. The lowest BCUT2D eigenvalue weighted by Crippen LogP contribution is -2.09. The summed E-state index contributed by atoms with van der Waals surface area (Å²) in [6, 6.07) is 17.1. The minimum atomic E-state index is 0.678. The van der Waals surface area contributed by atoms with Crippen LogP contribution in [-0.2, 0) is 18.0 Å². The van der Waals surface area contributed by atoms with Crippen LogP contribution in [0, 0.1) is 0 Å². The molecule has 0 N–H and O–H groups in total. The van der Waals surface area contributed by atoms with Crippen molar-refractivity contribution in [1.82, 2.24) is 0 Å². The zero-order chi connectivity index (χ0) is 12.8. The van der Waals surface area contributed by atoms with Gasteiger partial charge in [-0.25, -0.2) is 0 Å². The molecular formula is C15H18B2O. The largest absolute Gasteiger partial charge is 0.372 e. The Labute approximate surface area is 111 Å². The second-order valence-corrected chi connectivity index (χ2v) is 4.65. The highest BCUT2D eigenvalue weighted by Crippen LogP contribution is 2.04. The van der Waals surface area contributed by atoms with Crippen molar-refractivity contribution in [3.8, 4) is 0 Å². The van der Waals surface area contributed by atoms with Crippen LogP contribution < -0.4 is 10.9 Å². The average molecular weight is 236 g/mol. The van der Waals surface area contributed by atoms with Gasteiger partial charge in [0.15, 0.2) is 7.28 Å². The van der Waals surface area contributed by atoms with Crippen LogP contribution in [0.1, 0.15) is 11.1 Å². The van der Waals surface area contributed by atoms with Crippen molar-refractivity contribution in [3.05, 3.63) is 59.7 Å². The van der Waals surface area contributed by atoms with Crippen molar-refractivity contribution in [2.45, 2.75) is 20.0 Å². The lowest BCUT2D eigenvalue weighted by molar-refractivity contribution is 0.107. The summed E-state index contributed by atoms with van der Waals surface area (Å²) >= 11 is 0. The summed E-state index contributed by atoms with van der Waals surface area (Å²) in [5, 5.41) is 0. The maximum atomic E-state index is 5.73. The third-order valence-corrected chi connectivity index (χ3v) is 3.05. The summed E-state index contributed by atoms with van der Waals surface area (Å²) in [4.78, 5) is 0. The van der Waals surface area contributed by atoms with E-state index in [0.717, 1.165) is 7.28 Å². The molecule has 18 heavy (non-hydrogen) atoms. The Morgan fingerprint density at radius 2 is 1.72 bits per heavy atom. The van der Waals surface area contributed by atoms with E-state index in [1.54, 1.807) is 0 Å². The van der Waals surface area contributed by atoms with E-state index in [9.17, 15) is 0 Å². The molecule has 90 valence electrons. The lowest BCUT2D eigenvalue weighted by atomic mass is 9.73. The highest BCUT2D eigenvalue weighted by molar-refractivity contribution is 6.51. The van der Waals surface area contributed by atoms with E-state index >= 15 is 0 Å². The summed E-state index contributed by atoms with van der Waals surface area (Å²) in [5.74, 6) is 0. The molecule has 0 aromatic heterocycles. The van der Waals surface area contributed by atoms with Gasteiger partial charge in [-0.2, -0.15) is 0 Å². The van der Waals surface area contributed by atoms with E-state index in [0.29, 0.717) is 13.2 Å². The van der Waals surface area contributed by atoms with Crippen LogP contribution in [0.15, 0.2) is 48.5 Å². The zero-order valence-corrected chi connectivity index (χ0v) is 11.1. The van der Waals surface area contributed by atoms with Crippen LogP contribution in [0.3, 0.4) is 0 Å². The average Bonchev–Trinajstić information content (AvgIpc) is 2.40. The Kier molecular flexibility index (Phi) is 4.66. The third kappa shape index (κ3) is 3.78. The molecule has 0 unspecified atom stereocenters. The number of hydrogen-bond acceptors (Lipinski definition) is 1. The van der Waals surface area contributed by atoms with E-state index in [1.807, 2.05) is 0 Å². The fraction of sp³-hybridized carbons (Fsp3) is 0.200. The maximum absolute atomic E-state index is 5.73. The minimum Gasteiger partial charge on any atom is -0.372 e. The fourth-order valence-electron chi connectivity index (χ4n) is 1.96. The standard InChI is InChI=1S/C15H18B2O/c1-17-15-7-5-12(6-8-15)10-18-11-13-3-2-4-14(16)9-13/h2-9,17H,10-11,16H2,1H3. The Hall–Kier alpha value is -1.47. The molecule has 2 aromatic carbocycles. The summed E-state index contributed by atoms with van der Waals surface area (Å²) in [6.07, 6.45) is 0. The maximum Gasteiger partial charge on any atom is 0.154 e. The van der Waals surface area contributed by atoms with Crippen molar-refractivity contribution < 1.29 is 4.74 Å². The fourth-order valence-corrected chi connectivity index (χ4v) is 1.96.